The highest BCUT2D eigenvalue weighted by molar-refractivity contribution is 9.10. The zero-order valence-electron chi connectivity index (χ0n) is 12.9. The third kappa shape index (κ3) is 4.04. The molecule has 25 heavy (non-hydrogen) atoms. The van der Waals surface area contributed by atoms with E-state index in [-0.39, 0.29) is 12.0 Å². The quantitative estimate of drug-likeness (QED) is 0.751. The largest absolute Gasteiger partial charge is 0.472 e. The maximum atomic E-state index is 12.5. The Bertz CT molecular complexity index is 802. The van der Waals surface area contributed by atoms with Crippen LogP contribution in [0.5, 0.6) is 5.88 Å². The van der Waals surface area contributed by atoms with Gasteiger partial charge in [0.1, 0.15) is 12.2 Å². The first kappa shape index (κ1) is 17.5. The molecule has 1 aliphatic heterocycles. The zero-order chi connectivity index (χ0) is 18.0. The number of hydrogen-bond acceptors (Lipinski definition) is 4. The lowest BCUT2D eigenvalue weighted by atomic mass is 10.2. The van der Waals surface area contributed by atoms with Gasteiger partial charge in [-0.2, -0.15) is 18.4 Å². The SMILES string of the molecule is N#Cc1cc(Br)ccc1N1CC[C@@H](Oc2ccc(C(F)(F)F)cn2)C1. The Morgan fingerprint density at radius 3 is 2.72 bits per heavy atom. The molecule has 2 aromatic rings. The van der Waals surface area contributed by atoms with Crippen LogP contribution in [0.2, 0.25) is 0 Å². The molecule has 4 nitrogen and oxygen atoms in total. The molecule has 0 bridgehead atoms. The van der Waals surface area contributed by atoms with E-state index in [1.165, 1.54) is 6.07 Å². The minimum absolute atomic E-state index is 0.163. The molecule has 0 saturated carbocycles. The fraction of sp³-hybridized carbons (Fsp3) is 0.294. The molecule has 1 aliphatic rings. The summed E-state index contributed by atoms with van der Waals surface area (Å²) in [7, 11) is 0. The average Bonchev–Trinajstić information content (AvgIpc) is 3.02. The van der Waals surface area contributed by atoms with Crippen LogP contribution in [0.1, 0.15) is 17.5 Å². The predicted octanol–water partition coefficient (Wildman–Crippen LogP) is 4.39. The monoisotopic (exact) mass is 411 g/mol. The van der Waals surface area contributed by atoms with Crippen molar-refractivity contribution in [3.63, 3.8) is 0 Å². The van der Waals surface area contributed by atoms with Crippen molar-refractivity contribution in [1.29, 1.82) is 5.26 Å². The van der Waals surface area contributed by atoms with Crippen LogP contribution in [-0.4, -0.2) is 24.2 Å². The van der Waals surface area contributed by atoms with Crippen LogP contribution in [0.4, 0.5) is 18.9 Å². The van der Waals surface area contributed by atoms with Crippen LogP contribution in [0, 0.1) is 11.3 Å². The summed E-state index contributed by atoms with van der Waals surface area (Å²) >= 11 is 3.34. The third-order valence-corrected chi connectivity index (χ3v) is 4.41. The maximum Gasteiger partial charge on any atom is 0.417 e. The van der Waals surface area contributed by atoms with Gasteiger partial charge in [0, 0.05) is 29.7 Å². The van der Waals surface area contributed by atoms with Crippen molar-refractivity contribution in [3.05, 3.63) is 52.1 Å². The van der Waals surface area contributed by atoms with E-state index in [1.54, 1.807) is 6.07 Å². The van der Waals surface area contributed by atoms with Crippen molar-refractivity contribution in [1.82, 2.24) is 4.98 Å². The number of nitriles is 1. The molecule has 0 N–H and O–H groups in total. The van der Waals surface area contributed by atoms with Crippen molar-refractivity contribution in [2.24, 2.45) is 0 Å². The summed E-state index contributed by atoms with van der Waals surface area (Å²) < 4.78 is 44.1. The molecule has 0 unspecified atom stereocenters. The highest BCUT2D eigenvalue weighted by atomic mass is 79.9. The second-order valence-corrected chi connectivity index (χ2v) is 6.55. The average molecular weight is 412 g/mol. The molecular weight excluding hydrogens is 399 g/mol. The van der Waals surface area contributed by atoms with Crippen LogP contribution in [0.3, 0.4) is 0 Å². The lowest BCUT2D eigenvalue weighted by Crippen LogP contribution is -2.25. The van der Waals surface area contributed by atoms with Gasteiger partial charge in [-0.25, -0.2) is 4.98 Å². The van der Waals surface area contributed by atoms with E-state index in [4.69, 9.17) is 4.74 Å². The minimum Gasteiger partial charge on any atom is -0.472 e. The summed E-state index contributed by atoms with van der Waals surface area (Å²) in [4.78, 5) is 5.76. The fourth-order valence-corrected chi connectivity index (χ4v) is 3.07. The topological polar surface area (TPSA) is 49.2 Å². The van der Waals surface area contributed by atoms with Crippen LogP contribution in [0.25, 0.3) is 0 Å². The standard InChI is InChI=1S/C17H13BrF3N3O/c18-13-2-3-15(11(7-13)8-22)24-6-5-14(10-24)25-16-4-1-12(9-23-16)17(19,20)21/h1-4,7,9,14H,5-6,10H2/t14-/m1/s1. The molecule has 0 spiro atoms. The minimum atomic E-state index is -4.41. The van der Waals surface area contributed by atoms with Gasteiger partial charge >= 0.3 is 6.18 Å². The molecule has 1 fully saturated rings. The highest BCUT2D eigenvalue weighted by Crippen LogP contribution is 2.31. The Balaban J connectivity index is 1.67. The molecular formula is C17H13BrF3N3O. The van der Waals surface area contributed by atoms with Crippen molar-refractivity contribution >= 4 is 21.6 Å². The van der Waals surface area contributed by atoms with Crippen molar-refractivity contribution in [2.45, 2.75) is 18.7 Å². The normalized spacial score (nSPS) is 17.4. The number of hydrogen-bond donors (Lipinski definition) is 0. The van der Waals surface area contributed by atoms with Crippen molar-refractivity contribution in [3.8, 4) is 11.9 Å². The van der Waals surface area contributed by atoms with Crippen LogP contribution < -0.4 is 9.64 Å². The molecule has 3 rings (SSSR count). The van der Waals surface area contributed by atoms with E-state index in [0.29, 0.717) is 25.1 Å². The summed E-state index contributed by atoms with van der Waals surface area (Å²) in [5.41, 5.74) is 0.571. The predicted molar refractivity (Wildman–Crippen MR) is 89.3 cm³/mol. The fourth-order valence-electron chi connectivity index (χ4n) is 2.71. The Kier molecular flexibility index (Phi) is 4.86. The van der Waals surface area contributed by atoms with Gasteiger partial charge in [-0.1, -0.05) is 15.9 Å². The van der Waals surface area contributed by atoms with E-state index in [1.807, 2.05) is 17.0 Å². The number of halogens is 4. The molecule has 0 amide bonds. The molecule has 8 heteroatoms. The summed E-state index contributed by atoms with van der Waals surface area (Å²) in [5, 5.41) is 9.27. The molecule has 0 aliphatic carbocycles. The number of benzene rings is 1. The lowest BCUT2D eigenvalue weighted by molar-refractivity contribution is -0.137. The van der Waals surface area contributed by atoms with Gasteiger partial charge in [0.25, 0.3) is 0 Å². The molecule has 1 aromatic carbocycles. The first-order valence-corrected chi connectivity index (χ1v) is 8.30. The van der Waals surface area contributed by atoms with Crippen LogP contribution >= 0.6 is 15.9 Å². The lowest BCUT2D eigenvalue weighted by Gasteiger charge is -2.20. The summed E-state index contributed by atoms with van der Waals surface area (Å²) in [6.45, 7) is 1.24. The number of nitrogens with zero attached hydrogens (tertiary/aromatic N) is 3. The second-order valence-electron chi connectivity index (χ2n) is 5.63. The van der Waals surface area contributed by atoms with Crippen molar-refractivity contribution in [2.75, 3.05) is 18.0 Å². The maximum absolute atomic E-state index is 12.5. The molecule has 0 radical (unpaired) electrons. The number of anilines is 1. The molecule has 1 atom stereocenters. The number of aromatic nitrogens is 1. The number of alkyl halides is 3. The zero-order valence-corrected chi connectivity index (χ0v) is 14.5. The van der Waals surface area contributed by atoms with Gasteiger partial charge in [0.2, 0.25) is 5.88 Å². The van der Waals surface area contributed by atoms with Gasteiger partial charge in [-0.05, 0) is 24.3 Å². The van der Waals surface area contributed by atoms with E-state index in [2.05, 4.69) is 27.0 Å². The summed E-state index contributed by atoms with van der Waals surface area (Å²) in [5.74, 6) is 0.163. The molecule has 1 aromatic heterocycles. The van der Waals surface area contributed by atoms with Crippen molar-refractivity contribution < 1.29 is 17.9 Å². The summed E-state index contributed by atoms with van der Waals surface area (Å²) in [6.07, 6.45) is -3.14. The van der Waals surface area contributed by atoms with E-state index < -0.39 is 11.7 Å². The highest BCUT2D eigenvalue weighted by Gasteiger charge is 2.31. The molecule has 1 saturated heterocycles. The first-order valence-electron chi connectivity index (χ1n) is 7.51. The Hall–Kier alpha value is -2.27. The Morgan fingerprint density at radius 1 is 1.28 bits per heavy atom. The Labute approximate surface area is 151 Å². The number of rotatable bonds is 3. The van der Waals surface area contributed by atoms with Gasteiger partial charge in [-0.15, -0.1) is 0 Å². The van der Waals surface area contributed by atoms with Gasteiger partial charge < -0.3 is 9.64 Å². The second kappa shape index (κ2) is 6.92. The van der Waals surface area contributed by atoms with E-state index >= 15 is 0 Å². The molecule has 2 heterocycles. The third-order valence-electron chi connectivity index (χ3n) is 3.92. The smallest absolute Gasteiger partial charge is 0.417 e. The summed E-state index contributed by atoms with van der Waals surface area (Å²) in [6, 6.07) is 9.83. The van der Waals surface area contributed by atoms with Gasteiger partial charge in [0.05, 0.1) is 23.4 Å². The first-order chi connectivity index (χ1) is 11.9. The van der Waals surface area contributed by atoms with Crippen LogP contribution in [-0.2, 0) is 6.18 Å². The van der Waals surface area contributed by atoms with Crippen LogP contribution in [0.15, 0.2) is 41.0 Å². The number of ether oxygens (including phenoxy) is 1. The Morgan fingerprint density at radius 2 is 2.08 bits per heavy atom. The van der Waals surface area contributed by atoms with Gasteiger partial charge in [0.15, 0.2) is 0 Å². The molecule has 130 valence electrons. The van der Waals surface area contributed by atoms with E-state index in [9.17, 15) is 18.4 Å². The number of pyridine rings is 1. The van der Waals surface area contributed by atoms with E-state index in [0.717, 1.165) is 22.4 Å². The van der Waals surface area contributed by atoms with Gasteiger partial charge in [-0.3, -0.25) is 0 Å².